The molecule has 3 aromatic rings. The van der Waals surface area contributed by atoms with Crippen molar-refractivity contribution in [2.45, 2.75) is 18.7 Å². The van der Waals surface area contributed by atoms with Crippen molar-refractivity contribution in [1.82, 2.24) is 4.98 Å². The Labute approximate surface area is 174 Å². The molecule has 0 fully saturated rings. The van der Waals surface area contributed by atoms with Crippen molar-refractivity contribution >= 4 is 15.9 Å². The van der Waals surface area contributed by atoms with Crippen molar-refractivity contribution in [2.24, 2.45) is 0 Å². The minimum atomic E-state index is -4.42. The van der Waals surface area contributed by atoms with Crippen LogP contribution in [0.2, 0.25) is 0 Å². The smallest absolute Gasteiger partial charge is 0.416 e. The number of hydrogen-bond donors (Lipinski definition) is 0. The number of ether oxygens (including phenoxy) is 1. The molecule has 2 aromatic carbocycles. The molecule has 0 bridgehead atoms. The molecule has 3 rings (SSSR count). The van der Waals surface area contributed by atoms with Gasteiger partial charge in [-0.2, -0.15) is 18.4 Å². The number of hydrogen-bond acceptors (Lipinski definition) is 3. The van der Waals surface area contributed by atoms with Gasteiger partial charge in [0.05, 0.1) is 11.1 Å². The van der Waals surface area contributed by atoms with Crippen LogP contribution in [0.1, 0.15) is 33.7 Å². The first-order chi connectivity index (χ1) is 13.8. The molecule has 147 valence electrons. The van der Waals surface area contributed by atoms with Crippen LogP contribution in [-0.4, -0.2) is 4.98 Å². The highest BCUT2D eigenvalue weighted by atomic mass is 79.9. The highest BCUT2D eigenvalue weighted by molar-refractivity contribution is 9.10. The van der Waals surface area contributed by atoms with Gasteiger partial charge in [-0.3, -0.25) is 4.98 Å². The summed E-state index contributed by atoms with van der Waals surface area (Å²) in [6, 6.07) is 14.2. The first-order valence-corrected chi connectivity index (χ1v) is 9.34. The zero-order chi connectivity index (χ0) is 21.0. The maximum atomic E-state index is 12.9. The second-order valence-electron chi connectivity index (χ2n) is 6.30. The third-order valence-electron chi connectivity index (χ3n) is 4.35. The van der Waals surface area contributed by atoms with E-state index in [1.807, 2.05) is 6.07 Å². The fourth-order valence-corrected chi connectivity index (χ4v) is 3.43. The summed E-state index contributed by atoms with van der Waals surface area (Å²) < 4.78 is 44.8. The maximum Gasteiger partial charge on any atom is 0.416 e. The highest BCUT2D eigenvalue weighted by Gasteiger charge is 2.31. The number of alkyl halides is 3. The second-order valence-corrected chi connectivity index (χ2v) is 7.16. The monoisotopic (exact) mass is 459 g/mol. The molecule has 1 atom stereocenters. The molecule has 0 unspecified atom stereocenters. The predicted molar refractivity (Wildman–Crippen MR) is 106 cm³/mol. The Morgan fingerprint density at radius 3 is 2.59 bits per heavy atom. The molecule has 0 aliphatic heterocycles. The van der Waals surface area contributed by atoms with Crippen LogP contribution in [0.3, 0.4) is 0 Å². The normalized spacial score (nSPS) is 12.3. The van der Waals surface area contributed by atoms with Crippen molar-refractivity contribution in [2.75, 3.05) is 0 Å². The van der Waals surface area contributed by atoms with E-state index in [0.29, 0.717) is 26.9 Å². The number of nitriles is 1. The Morgan fingerprint density at radius 2 is 1.97 bits per heavy atom. The standard InChI is InChI=1S/C22H15BrF3N2O/c1-14(19-7-6-18(10-20(19)23)22(24,25)26)16-4-5-17(11-27)21(9-16)29-13-15-3-2-8-28-12-15/h2-10,12,14H,1,13H2/t14-/m1/s1. The van der Waals surface area contributed by atoms with Gasteiger partial charge < -0.3 is 4.74 Å². The molecule has 29 heavy (non-hydrogen) atoms. The summed E-state index contributed by atoms with van der Waals surface area (Å²) >= 11 is 3.21. The lowest BCUT2D eigenvalue weighted by Crippen LogP contribution is -2.06. The van der Waals surface area contributed by atoms with Gasteiger partial charge in [-0.05, 0) is 48.4 Å². The van der Waals surface area contributed by atoms with E-state index >= 15 is 0 Å². The first kappa shape index (κ1) is 20.9. The largest absolute Gasteiger partial charge is 0.487 e. The van der Waals surface area contributed by atoms with E-state index < -0.39 is 17.7 Å². The van der Waals surface area contributed by atoms with Gasteiger partial charge in [-0.15, -0.1) is 0 Å². The first-order valence-electron chi connectivity index (χ1n) is 8.55. The van der Waals surface area contributed by atoms with E-state index in [1.165, 1.54) is 6.07 Å². The third kappa shape index (κ3) is 4.96. The summed E-state index contributed by atoms with van der Waals surface area (Å²) in [6.45, 7) is 4.32. The van der Waals surface area contributed by atoms with Crippen LogP contribution in [-0.2, 0) is 12.8 Å². The molecule has 0 saturated carbocycles. The Bertz CT molecular complexity index is 1050. The highest BCUT2D eigenvalue weighted by Crippen LogP contribution is 2.37. The van der Waals surface area contributed by atoms with Gasteiger partial charge in [0.2, 0.25) is 0 Å². The van der Waals surface area contributed by atoms with Crippen LogP contribution in [0, 0.1) is 18.3 Å². The Morgan fingerprint density at radius 1 is 1.17 bits per heavy atom. The third-order valence-corrected chi connectivity index (χ3v) is 5.04. The van der Waals surface area contributed by atoms with Gasteiger partial charge in [0.25, 0.3) is 0 Å². The van der Waals surface area contributed by atoms with Gasteiger partial charge in [0.1, 0.15) is 18.4 Å². The van der Waals surface area contributed by atoms with Gasteiger partial charge in [0.15, 0.2) is 0 Å². The number of benzene rings is 2. The zero-order valence-corrected chi connectivity index (χ0v) is 16.7. The topological polar surface area (TPSA) is 45.9 Å². The molecular weight excluding hydrogens is 445 g/mol. The summed E-state index contributed by atoms with van der Waals surface area (Å²) in [5, 5.41) is 9.34. The van der Waals surface area contributed by atoms with E-state index in [4.69, 9.17) is 4.74 Å². The summed E-state index contributed by atoms with van der Waals surface area (Å²) in [5.74, 6) is -0.0781. The quantitative estimate of drug-likeness (QED) is 0.450. The van der Waals surface area contributed by atoms with E-state index in [-0.39, 0.29) is 6.61 Å². The van der Waals surface area contributed by atoms with E-state index in [1.54, 1.807) is 36.7 Å². The zero-order valence-electron chi connectivity index (χ0n) is 15.1. The number of pyridine rings is 1. The van der Waals surface area contributed by atoms with Crippen molar-refractivity contribution < 1.29 is 17.9 Å². The molecule has 0 aliphatic carbocycles. The molecule has 1 aromatic heterocycles. The molecule has 1 radical (unpaired) electrons. The maximum absolute atomic E-state index is 12.9. The van der Waals surface area contributed by atoms with E-state index in [0.717, 1.165) is 17.7 Å². The summed E-state index contributed by atoms with van der Waals surface area (Å²) in [6.07, 6.45) is -1.10. The van der Waals surface area contributed by atoms with Crippen LogP contribution in [0.5, 0.6) is 5.75 Å². The number of halogens is 4. The fraction of sp³-hybridized carbons (Fsp3) is 0.136. The second kappa shape index (κ2) is 8.66. The van der Waals surface area contributed by atoms with E-state index in [9.17, 15) is 18.4 Å². The Balaban J connectivity index is 1.88. The molecule has 7 heteroatoms. The van der Waals surface area contributed by atoms with Gasteiger partial charge in [-0.25, -0.2) is 0 Å². The molecule has 0 N–H and O–H groups in total. The molecular formula is C22H15BrF3N2O. The lowest BCUT2D eigenvalue weighted by Gasteiger charge is -2.18. The minimum absolute atomic E-state index is 0.234. The average Bonchev–Trinajstić information content (AvgIpc) is 2.71. The van der Waals surface area contributed by atoms with Crippen molar-refractivity contribution in [1.29, 1.82) is 5.26 Å². The van der Waals surface area contributed by atoms with Crippen LogP contribution < -0.4 is 4.74 Å². The molecule has 0 spiro atoms. The predicted octanol–water partition coefficient (Wildman–Crippen LogP) is 6.28. The van der Waals surface area contributed by atoms with Crippen LogP contribution >= 0.6 is 15.9 Å². The summed E-state index contributed by atoms with van der Waals surface area (Å²) in [4.78, 5) is 4.02. The van der Waals surface area contributed by atoms with E-state index in [2.05, 4.69) is 33.9 Å². The molecule has 0 amide bonds. The summed E-state index contributed by atoms with van der Waals surface area (Å²) in [5.41, 5.74) is 1.78. The number of aromatic nitrogens is 1. The van der Waals surface area contributed by atoms with Gasteiger partial charge in [-0.1, -0.05) is 34.1 Å². The molecule has 1 heterocycles. The van der Waals surface area contributed by atoms with Crippen LogP contribution in [0.15, 0.2) is 65.4 Å². The Hall–Kier alpha value is -2.85. The van der Waals surface area contributed by atoms with Crippen molar-refractivity contribution in [3.05, 3.63) is 100 Å². The van der Waals surface area contributed by atoms with Crippen LogP contribution in [0.25, 0.3) is 0 Å². The fourth-order valence-electron chi connectivity index (χ4n) is 2.78. The average molecular weight is 460 g/mol. The molecule has 0 aliphatic rings. The number of nitrogens with zero attached hydrogens (tertiary/aromatic N) is 2. The van der Waals surface area contributed by atoms with Gasteiger partial charge in [0, 0.05) is 28.3 Å². The minimum Gasteiger partial charge on any atom is -0.487 e. The Kier molecular flexibility index (Phi) is 6.23. The molecule has 3 nitrogen and oxygen atoms in total. The lowest BCUT2D eigenvalue weighted by atomic mass is 9.91. The van der Waals surface area contributed by atoms with Crippen LogP contribution in [0.4, 0.5) is 13.2 Å². The van der Waals surface area contributed by atoms with Crippen molar-refractivity contribution in [3.8, 4) is 11.8 Å². The van der Waals surface area contributed by atoms with Gasteiger partial charge >= 0.3 is 6.18 Å². The SMILES string of the molecule is [CH2][C@H](c1ccc(C#N)c(OCc2cccnc2)c1)c1ccc(C(F)(F)F)cc1Br. The molecule has 0 saturated heterocycles. The summed E-state index contributed by atoms with van der Waals surface area (Å²) in [7, 11) is 0. The number of rotatable bonds is 5. The van der Waals surface area contributed by atoms with Crippen molar-refractivity contribution in [3.63, 3.8) is 0 Å². The lowest BCUT2D eigenvalue weighted by molar-refractivity contribution is -0.137.